The molecule has 0 N–H and O–H groups in total. The van der Waals surface area contributed by atoms with Gasteiger partial charge in [-0.1, -0.05) is 30.3 Å². The Bertz CT molecular complexity index is 913. The van der Waals surface area contributed by atoms with Crippen LogP contribution in [0.1, 0.15) is 0 Å². The van der Waals surface area contributed by atoms with Gasteiger partial charge in [0.25, 0.3) is 0 Å². The molecule has 0 aliphatic rings. The molecule has 4 rings (SSSR count). The van der Waals surface area contributed by atoms with Crippen molar-refractivity contribution < 1.29 is 33.0 Å². The van der Waals surface area contributed by atoms with Crippen molar-refractivity contribution in [1.82, 2.24) is 4.98 Å². The first-order valence-electron chi connectivity index (χ1n) is 6.55. The lowest BCUT2D eigenvalue weighted by Gasteiger charge is -1.95. The van der Waals surface area contributed by atoms with Crippen molar-refractivity contribution in [2.45, 2.75) is 0 Å². The van der Waals surface area contributed by atoms with Crippen molar-refractivity contribution in [3.05, 3.63) is 60.9 Å². The van der Waals surface area contributed by atoms with E-state index in [2.05, 4.69) is 23.2 Å². The summed E-state index contributed by atoms with van der Waals surface area (Å²) < 4.78 is 7.87. The van der Waals surface area contributed by atoms with Gasteiger partial charge in [0.05, 0.1) is 0 Å². The highest BCUT2D eigenvalue weighted by molar-refractivity contribution is 6.03. The van der Waals surface area contributed by atoms with Crippen LogP contribution in [0.5, 0.6) is 0 Å². The lowest BCUT2D eigenvalue weighted by atomic mass is 10.1. The normalized spacial score (nSPS) is 10.7. The van der Waals surface area contributed by atoms with Gasteiger partial charge in [0, 0.05) is 23.1 Å². The van der Waals surface area contributed by atoms with E-state index in [-0.39, 0.29) is 24.0 Å². The third kappa shape index (κ3) is 2.40. The van der Waals surface area contributed by atoms with Crippen molar-refractivity contribution in [3.8, 4) is 11.5 Å². The van der Waals surface area contributed by atoms with Gasteiger partial charge in [0.15, 0.2) is 18.0 Å². The molecular weight excluding hydrogens is 375 g/mol. The first-order chi connectivity index (χ1) is 9.81. The number of pyridine rings is 1. The largest absolute Gasteiger partial charge is 1.00 e. The molecular formula is C17H13IN2O. The number of aryl methyl sites for hydroxylation is 1. The molecule has 2 aromatic carbocycles. The topological polar surface area (TPSA) is 29.9 Å². The molecule has 0 bridgehead atoms. The van der Waals surface area contributed by atoms with Gasteiger partial charge < -0.3 is 28.4 Å². The van der Waals surface area contributed by atoms with Crippen LogP contribution in [-0.4, -0.2) is 4.98 Å². The first-order valence-corrected chi connectivity index (χ1v) is 6.55. The van der Waals surface area contributed by atoms with E-state index in [0.29, 0.717) is 5.89 Å². The lowest BCUT2D eigenvalue weighted by Crippen LogP contribution is -3.00. The average molecular weight is 388 g/mol. The molecule has 0 radical (unpaired) electrons. The third-order valence-electron chi connectivity index (χ3n) is 3.51. The number of oxazole rings is 1. The van der Waals surface area contributed by atoms with Crippen molar-refractivity contribution >= 4 is 21.9 Å². The Balaban J connectivity index is 0.00000132. The van der Waals surface area contributed by atoms with E-state index in [4.69, 9.17) is 4.42 Å². The number of aromatic nitrogens is 2. The van der Waals surface area contributed by atoms with Gasteiger partial charge in [-0.2, -0.15) is 0 Å². The van der Waals surface area contributed by atoms with Crippen LogP contribution in [0, 0.1) is 0 Å². The SMILES string of the molecule is C[n+]1ccc(-c2nc3c(ccc4ccccc43)o2)cc1.[I-]. The maximum atomic E-state index is 5.88. The zero-order valence-electron chi connectivity index (χ0n) is 11.5. The molecule has 4 heteroatoms. The van der Waals surface area contributed by atoms with Crippen molar-refractivity contribution in [3.63, 3.8) is 0 Å². The summed E-state index contributed by atoms with van der Waals surface area (Å²) in [6.45, 7) is 0. The fourth-order valence-electron chi connectivity index (χ4n) is 2.43. The summed E-state index contributed by atoms with van der Waals surface area (Å²) >= 11 is 0. The van der Waals surface area contributed by atoms with Gasteiger partial charge in [-0.15, -0.1) is 0 Å². The number of hydrogen-bond donors (Lipinski definition) is 0. The second kappa shape index (κ2) is 5.44. The molecule has 0 aliphatic carbocycles. The van der Waals surface area contributed by atoms with E-state index in [0.717, 1.165) is 22.0 Å². The van der Waals surface area contributed by atoms with Crippen LogP contribution in [0.15, 0.2) is 65.3 Å². The number of fused-ring (bicyclic) bond motifs is 3. The molecule has 0 fully saturated rings. The fraction of sp³-hybridized carbons (Fsp3) is 0.0588. The molecule has 0 atom stereocenters. The summed E-state index contributed by atoms with van der Waals surface area (Å²) in [6.07, 6.45) is 3.98. The zero-order valence-corrected chi connectivity index (χ0v) is 13.6. The number of nitrogens with zero attached hydrogens (tertiary/aromatic N) is 2. The molecule has 0 spiro atoms. The second-order valence-corrected chi connectivity index (χ2v) is 4.90. The smallest absolute Gasteiger partial charge is 0.227 e. The standard InChI is InChI=1S/C17H13N2O.HI/c1-19-10-8-13(9-11-19)17-18-16-14-5-3-2-4-12(14)6-7-15(16)20-17;/h2-11H,1H3;1H/q+1;/p-1. The van der Waals surface area contributed by atoms with Gasteiger partial charge in [-0.05, 0) is 11.5 Å². The summed E-state index contributed by atoms with van der Waals surface area (Å²) in [6, 6.07) is 16.3. The minimum Gasteiger partial charge on any atom is -1.00 e. The van der Waals surface area contributed by atoms with E-state index >= 15 is 0 Å². The van der Waals surface area contributed by atoms with E-state index in [9.17, 15) is 0 Å². The third-order valence-corrected chi connectivity index (χ3v) is 3.51. The predicted molar refractivity (Wildman–Crippen MR) is 78.1 cm³/mol. The van der Waals surface area contributed by atoms with Gasteiger partial charge in [0.2, 0.25) is 5.89 Å². The van der Waals surface area contributed by atoms with Crippen molar-refractivity contribution in [1.29, 1.82) is 0 Å². The Kier molecular flexibility index (Phi) is 3.63. The Morgan fingerprint density at radius 1 is 0.952 bits per heavy atom. The van der Waals surface area contributed by atoms with Gasteiger partial charge in [0.1, 0.15) is 12.6 Å². The van der Waals surface area contributed by atoms with E-state index in [1.54, 1.807) is 0 Å². The Morgan fingerprint density at radius 2 is 1.71 bits per heavy atom. The van der Waals surface area contributed by atoms with Gasteiger partial charge in [-0.3, -0.25) is 0 Å². The average Bonchev–Trinajstić information content (AvgIpc) is 2.92. The second-order valence-electron chi connectivity index (χ2n) is 4.90. The van der Waals surface area contributed by atoms with Crippen LogP contribution in [0.25, 0.3) is 33.3 Å². The van der Waals surface area contributed by atoms with Gasteiger partial charge in [-0.25, -0.2) is 9.55 Å². The van der Waals surface area contributed by atoms with Crippen molar-refractivity contribution in [2.75, 3.05) is 0 Å². The lowest BCUT2D eigenvalue weighted by molar-refractivity contribution is -0.671. The summed E-state index contributed by atoms with van der Waals surface area (Å²) in [5.41, 5.74) is 2.74. The molecule has 2 heterocycles. The molecule has 0 amide bonds. The summed E-state index contributed by atoms with van der Waals surface area (Å²) in [5.74, 6) is 0.664. The monoisotopic (exact) mass is 388 g/mol. The molecule has 104 valence electrons. The fourth-order valence-corrected chi connectivity index (χ4v) is 2.43. The Hall–Kier alpha value is -1.95. The van der Waals surface area contributed by atoms with Crippen LogP contribution in [-0.2, 0) is 7.05 Å². The van der Waals surface area contributed by atoms with E-state index in [1.807, 2.05) is 54.3 Å². The highest BCUT2D eigenvalue weighted by Crippen LogP contribution is 2.29. The Morgan fingerprint density at radius 3 is 2.52 bits per heavy atom. The number of rotatable bonds is 1. The van der Waals surface area contributed by atoms with Crippen LogP contribution in [0.3, 0.4) is 0 Å². The summed E-state index contributed by atoms with van der Waals surface area (Å²) in [7, 11) is 1.99. The quantitative estimate of drug-likeness (QED) is 0.351. The zero-order chi connectivity index (χ0) is 13.5. The van der Waals surface area contributed by atoms with Crippen molar-refractivity contribution in [2.24, 2.45) is 7.05 Å². The molecule has 0 saturated heterocycles. The molecule has 4 aromatic rings. The highest BCUT2D eigenvalue weighted by atomic mass is 127. The summed E-state index contributed by atoms with van der Waals surface area (Å²) in [4.78, 5) is 4.66. The van der Waals surface area contributed by atoms with Gasteiger partial charge >= 0.3 is 0 Å². The van der Waals surface area contributed by atoms with E-state index in [1.165, 1.54) is 5.39 Å². The Labute approximate surface area is 139 Å². The minimum absolute atomic E-state index is 0. The van der Waals surface area contributed by atoms with Crippen LogP contribution >= 0.6 is 0 Å². The van der Waals surface area contributed by atoms with Crippen LogP contribution in [0.2, 0.25) is 0 Å². The molecule has 0 saturated carbocycles. The molecule has 3 nitrogen and oxygen atoms in total. The maximum absolute atomic E-state index is 5.88. The number of hydrogen-bond acceptors (Lipinski definition) is 2. The molecule has 0 unspecified atom stereocenters. The van der Waals surface area contributed by atoms with E-state index < -0.39 is 0 Å². The summed E-state index contributed by atoms with van der Waals surface area (Å²) in [5, 5.41) is 2.31. The van der Waals surface area contributed by atoms with Crippen LogP contribution < -0.4 is 28.5 Å². The molecule has 0 aliphatic heterocycles. The van der Waals surface area contributed by atoms with Crippen LogP contribution in [0.4, 0.5) is 0 Å². The first kappa shape index (κ1) is 14.0. The molecule has 21 heavy (non-hydrogen) atoms. The predicted octanol–water partition coefficient (Wildman–Crippen LogP) is 0.476. The number of benzene rings is 2. The minimum atomic E-state index is 0. The maximum Gasteiger partial charge on any atom is 0.227 e. The highest BCUT2D eigenvalue weighted by Gasteiger charge is 2.11. The number of halogens is 1. The molecule has 2 aromatic heterocycles.